The topological polar surface area (TPSA) is 78.0 Å². The first kappa shape index (κ1) is 10.2. The van der Waals surface area contributed by atoms with Crippen LogP contribution in [0, 0.1) is 5.82 Å². The number of aromatic amines is 1. The number of hydrogen-bond donors (Lipinski definition) is 3. The van der Waals surface area contributed by atoms with Gasteiger partial charge in [-0.15, -0.1) is 0 Å². The number of carbonyl (C=O) groups excluding carboxylic acids is 1. The molecule has 0 unspecified atom stereocenters. The lowest BCUT2D eigenvalue weighted by Crippen LogP contribution is -2.11. The van der Waals surface area contributed by atoms with Crippen molar-refractivity contribution in [1.29, 1.82) is 0 Å². The van der Waals surface area contributed by atoms with Crippen molar-refractivity contribution < 1.29 is 14.3 Å². The molecule has 5 nitrogen and oxygen atoms in total. The monoisotopic (exact) mass is 221 g/mol. The molecular weight excluding hydrogens is 213 g/mol. The van der Waals surface area contributed by atoms with Gasteiger partial charge in [0.1, 0.15) is 11.6 Å². The SMILES string of the molecule is O=C(Nc1cn[nH]c1)c1ccc(F)cc1O. The van der Waals surface area contributed by atoms with Crippen LogP contribution in [-0.2, 0) is 0 Å². The molecule has 1 aromatic heterocycles. The van der Waals surface area contributed by atoms with E-state index in [2.05, 4.69) is 15.5 Å². The van der Waals surface area contributed by atoms with Crippen LogP contribution in [0.4, 0.5) is 10.1 Å². The molecule has 0 aliphatic rings. The molecule has 2 aromatic rings. The maximum Gasteiger partial charge on any atom is 0.259 e. The highest BCUT2D eigenvalue weighted by atomic mass is 19.1. The number of H-pyrrole nitrogens is 1. The zero-order valence-electron chi connectivity index (χ0n) is 8.07. The highest BCUT2D eigenvalue weighted by Crippen LogP contribution is 2.19. The molecule has 0 aliphatic heterocycles. The molecule has 0 atom stereocenters. The van der Waals surface area contributed by atoms with Crippen molar-refractivity contribution in [3.8, 4) is 5.75 Å². The average molecular weight is 221 g/mol. The summed E-state index contributed by atoms with van der Waals surface area (Å²) in [5.41, 5.74) is 0.469. The van der Waals surface area contributed by atoms with Gasteiger partial charge in [0.05, 0.1) is 17.4 Å². The Morgan fingerprint density at radius 2 is 2.31 bits per heavy atom. The third kappa shape index (κ3) is 2.00. The second-order valence-electron chi connectivity index (χ2n) is 3.10. The number of anilines is 1. The number of halogens is 1. The minimum absolute atomic E-state index is 0.00241. The molecule has 1 aromatic carbocycles. The molecule has 2 rings (SSSR count). The molecule has 0 saturated carbocycles. The predicted molar refractivity (Wildman–Crippen MR) is 54.6 cm³/mol. The van der Waals surface area contributed by atoms with Gasteiger partial charge in [0, 0.05) is 12.3 Å². The fourth-order valence-electron chi connectivity index (χ4n) is 1.21. The van der Waals surface area contributed by atoms with E-state index in [1.165, 1.54) is 18.5 Å². The maximum atomic E-state index is 12.7. The Labute approximate surface area is 89.9 Å². The summed E-state index contributed by atoms with van der Waals surface area (Å²) < 4.78 is 12.7. The van der Waals surface area contributed by atoms with E-state index in [-0.39, 0.29) is 5.56 Å². The van der Waals surface area contributed by atoms with Gasteiger partial charge in [0.15, 0.2) is 0 Å². The third-order valence-corrected chi connectivity index (χ3v) is 1.96. The number of aromatic hydroxyl groups is 1. The second-order valence-corrected chi connectivity index (χ2v) is 3.10. The largest absolute Gasteiger partial charge is 0.507 e. The molecule has 0 saturated heterocycles. The van der Waals surface area contributed by atoms with Crippen LogP contribution in [0.2, 0.25) is 0 Å². The van der Waals surface area contributed by atoms with Gasteiger partial charge in [0.2, 0.25) is 0 Å². The van der Waals surface area contributed by atoms with E-state index in [1.54, 1.807) is 0 Å². The molecule has 0 fully saturated rings. The minimum atomic E-state index is -0.600. The maximum absolute atomic E-state index is 12.7. The first-order chi connectivity index (χ1) is 7.66. The summed E-state index contributed by atoms with van der Waals surface area (Å²) in [5, 5.41) is 18.0. The van der Waals surface area contributed by atoms with Crippen LogP contribution < -0.4 is 5.32 Å². The van der Waals surface area contributed by atoms with E-state index in [0.29, 0.717) is 5.69 Å². The first-order valence-electron chi connectivity index (χ1n) is 4.45. The summed E-state index contributed by atoms with van der Waals surface area (Å²) in [6.45, 7) is 0. The summed E-state index contributed by atoms with van der Waals surface area (Å²) in [6, 6.07) is 3.19. The van der Waals surface area contributed by atoms with E-state index < -0.39 is 17.5 Å². The van der Waals surface area contributed by atoms with E-state index >= 15 is 0 Å². The highest BCUT2D eigenvalue weighted by molar-refractivity contribution is 6.05. The second kappa shape index (κ2) is 4.01. The summed E-state index contributed by atoms with van der Waals surface area (Å²) in [7, 11) is 0. The average Bonchev–Trinajstić information content (AvgIpc) is 2.70. The predicted octanol–water partition coefficient (Wildman–Crippen LogP) is 1.51. The molecule has 0 bridgehead atoms. The van der Waals surface area contributed by atoms with Crippen molar-refractivity contribution in [3.05, 3.63) is 42.0 Å². The van der Waals surface area contributed by atoms with Gasteiger partial charge in [-0.05, 0) is 12.1 Å². The van der Waals surface area contributed by atoms with Crippen LogP contribution in [0.15, 0.2) is 30.6 Å². The summed E-state index contributed by atoms with van der Waals surface area (Å²) in [5.74, 6) is -1.53. The lowest BCUT2D eigenvalue weighted by Gasteiger charge is -2.04. The van der Waals surface area contributed by atoms with Gasteiger partial charge >= 0.3 is 0 Å². The number of carbonyl (C=O) groups is 1. The number of nitrogens with zero attached hydrogens (tertiary/aromatic N) is 1. The van der Waals surface area contributed by atoms with E-state index in [4.69, 9.17) is 0 Å². The van der Waals surface area contributed by atoms with Crippen molar-refractivity contribution >= 4 is 11.6 Å². The number of aromatic nitrogens is 2. The van der Waals surface area contributed by atoms with Gasteiger partial charge in [-0.25, -0.2) is 4.39 Å². The summed E-state index contributed by atoms with van der Waals surface area (Å²) in [6.07, 6.45) is 2.90. The first-order valence-corrected chi connectivity index (χ1v) is 4.45. The van der Waals surface area contributed by atoms with Crippen molar-refractivity contribution in [3.63, 3.8) is 0 Å². The van der Waals surface area contributed by atoms with Gasteiger partial charge in [0.25, 0.3) is 5.91 Å². The lowest BCUT2D eigenvalue weighted by molar-refractivity contribution is 0.102. The Kier molecular flexibility index (Phi) is 2.55. The molecule has 1 amide bonds. The Balaban J connectivity index is 2.21. The fourth-order valence-corrected chi connectivity index (χ4v) is 1.21. The van der Waals surface area contributed by atoms with Crippen molar-refractivity contribution in [2.24, 2.45) is 0 Å². The van der Waals surface area contributed by atoms with Crippen molar-refractivity contribution in [2.45, 2.75) is 0 Å². The molecule has 0 spiro atoms. The van der Waals surface area contributed by atoms with Crippen LogP contribution in [0.1, 0.15) is 10.4 Å². The number of rotatable bonds is 2. The van der Waals surface area contributed by atoms with Crippen LogP contribution in [0.25, 0.3) is 0 Å². The van der Waals surface area contributed by atoms with Crippen LogP contribution >= 0.6 is 0 Å². The number of phenols is 1. The van der Waals surface area contributed by atoms with E-state index in [0.717, 1.165) is 12.1 Å². The van der Waals surface area contributed by atoms with Gasteiger partial charge in [-0.1, -0.05) is 0 Å². The molecule has 0 radical (unpaired) electrons. The normalized spacial score (nSPS) is 10.1. The third-order valence-electron chi connectivity index (χ3n) is 1.96. The quantitative estimate of drug-likeness (QED) is 0.719. The Hall–Kier alpha value is -2.37. The van der Waals surface area contributed by atoms with E-state index in [1.807, 2.05) is 0 Å². The minimum Gasteiger partial charge on any atom is -0.507 e. The summed E-state index contributed by atoms with van der Waals surface area (Å²) in [4.78, 5) is 11.6. The molecular formula is C10H8FN3O2. The van der Waals surface area contributed by atoms with Gasteiger partial charge in [-0.3, -0.25) is 9.89 Å². The molecule has 82 valence electrons. The Morgan fingerprint density at radius 1 is 1.50 bits per heavy atom. The van der Waals surface area contributed by atoms with Gasteiger partial charge < -0.3 is 10.4 Å². The van der Waals surface area contributed by atoms with Crippen LogP contribution in [-0.4, -0.2) is 21.2 Å². The number of hydrogen-bond acceptors (Lipinski definition) is 3. The fraction of sp³-hybridized carbons (Fsp3) is 0. The zero-order valence-corrected chi connectivity index (χ0v) is 8.07. The van der Waals surface area contributed by atoms with Crippen LogP contribution in [0.5, 0.6) is 5.75 Å². The number of nitrogens with one attached hydrogen (secondary N) is 2. The summed E-state index contributed by atoms with van der Waals surface area (Å²) >= 11 is 0. The molecule has 6 heteroatoms. The Morgan fingerprint density at radius 3 is 2.94 bits per heavy atom. The number of benzene rings is 1. The molecule has 16 heavy (non-hydrogen) atoms. The van der Waals surface area contributed by atoms with Crippen molar-refractivity contribution in [1.82, 2.24) is 10.2 Å². The molecule has 0 aliphatic carbocycles. The van der Waals surface area contributed by atoms with Gasteiger partial charge in [-0.2, -0.15) is 5.10 Å². The Bertz CT molecular complexity index is 511. The van der Waals surface area contributed by atoms with Crippen molar-refractivity contribution in [2.75, 3.05) is 5.32 Å². The molecule has 1 heterocycles. The standard InChI is InChI=1S/C10H8FN3O2/c11-6-1-2-8(9(15)3-6)10(16)14-7-4-12-13-5-7/h1-5,15H,(H,12,13)(H,14,16). The zero-order chi connectivity index (χ0) is 11.5. The van der Waals surface area contributed by atoms with E-state index in [9.17, 15) is 14.3 Å². The number of amides is 1. The molecule has 3 N–H and O–H groups in total. The lowest BCUT2D eigenvalue weighted by atomic mass is 10.2. The number of phenolic OH excluding ortho intramolecular Hbond substituents is 1. The smallest absolute Gasteiger partial charge is 0.259 e. The van der Waals surface area contributed by atoms with Crippen LogP contribution in [0.3, 0.4) is 0 Å². The highest BCUT2D eigenvalue weighted by Gasteiger charge is 2.12.